The van der Waals surface area contributed by atoms with E-state index in [4.69, 9.17) is 0 Å². The Bertz CT molecular complexity index is 730. The van der Waals surface area contributed by atoms with Gasteiger partial charge in [-0.15, -0.1) is 0 Å². The average molecular weight is 353 g/mol. The largest absolute Gasteiger partial charge is 0.508 e. The minimum atomic E-state index is -0.112. The number of benzene rings is 1. The van der Waals surface area contributed by atoms with Crippen LogP contribution in [0.2, 0.25) is 0 Å². The standard InChI is InChI=1S/C24H32O2/c1-24-14-17(4-2-3-15-5-6-15)23-19-10-8-18(25)13-16(19)7-9-20(23)21(24)11-12-22(24)26/h3,8,10,13,17,20-23,25-26H,2,4-7,9,11-12,14H2,1H3/t17-,20?,21?,22-,23?,24-/m0/s1. The molecule has 140 valence electrons. The zero-order valence-corrected chi connectivity index (χ0v) is 16.0. The predicted molar refractivity (Wildman–Crippen MR) is 104 cm³/mol. The fraction of sp³-hybridized carbons (Fsp3) is 0.667. The summed E-state index contributed by atoms with van der Waals surface area (Å²) in [6.07, 6.45) is 13.1. The number of phenolic OH excluding ortho intramolecular Hbond substituents is 1. The van der Waals surface area contributed by atoms with Crippen molar-refractivity contribution in [2.24, 2.45) is 23.2 Å². The van der Waals surface area contributed by atoms with E-state index in [1.54, 1.807) is 5.57 Å². The first-order valence-corrected chi connectivity index (χ1v) is 10.7. The van der Waals surface area contributed by atoms with E-state index in [9.17, 15) is 10.2 Å². The Kier molecular flexibility index (Phi) is 3.97. The quantitative estimate of drug-likeness (QED) is 0.721. The molecule has 0 aliphatic heterocycles. The van der Waals surface area contributed by atoms with Crippen molar-refractivity contribution in [1.29, 1.82) is 0 Å². The SMILES string of the molecule is C[C@]12C[C@H](CCC=C3CC3)C3c4ccc(O)cc4CCC3C1CC[C@@H]2O. The lowest BCUT2D eigenvalue weighted by molar-refractivity contribution is -0.0495. The summed E-state index contributed by atoms with van der Waals surface area (Å²) < 4.78 is 0. The molecule has 3 saturated carbocycles. The molecule has 3 fully saturated rings. The van der Waals surface area contributed by atoms with Crippen LogP contribution >= 0.6 is 0 Å². The Morgan fingerprint density at radius 1 is 1.15 bits per heavy atom. The van der Waals surface area contributed by atoms with Gasteiger partial charge in [0, 0.05) is 0 Å². The molecule has 0 heterocycles. The van der Waals surface area contributed by atoms with E-state index in [0.29, 0.717) is 29.4 Å². The third kappa shape index (κ3) is 2.64. The highest BCUT2D eigenvalue weighted by atomic mass is 16.3. The lowest BCUT2D eigenvalue weighted by Crippen LogP contribution is -2.47. The molecular weight excluding hydrogens is 320 g/mol. The fourth-order valence-corrected chi connectivity index (χ4v) is 6.91. The molecule has 1 aromatic carbocycles. The van der Waals surface area contributed by atoms with E-state index in [0.717, 1.165) is 12.8 Å². The highest BCUT2D eigenvalue weighted by Crippen LogP contribution is 2.63. The van der Waals surface area contributed by atoms with Crippen LogP contribution in [0.15, 0.2) is 29.8 Å². The molecule has 2 nitrogen and oxygen atoms in total. The Morgan fingerprint density at radius 2 is 2.00 bits per heavy atom. The molecule has 0 bridgehead atoms. The number of aliphatic hydroxyl groups excluding tert-OH is 1. The van der Waals surface area contributed by atoms with Gasteiger partial charge in [0.15, 0.2) is 0 Å². The first-order valence-electron chi connectivity index (χ1n) is 10.7. The topological polar surface area (TPSA) is 40.5 Å². The highest BCUT2D eigenvalue weighted by Gasteiger charge is 2.57. The second-order valence-electron chi connectivity index (χ2n) is 9.72. The first kappa shape index (κ1) is 16.9. The number of fused-ring (bicyclic) bond motifs is 5. The van der Waals surface area contributed by atoms with Crippen LogP contribution in [0.1, 0.15) is 75.3 Å². The third-order valence-electron chi connectivity index (χ3n) is 8.29. The van der Waals surface area contributed by atoms with E-state index >= 15 is 0 Å². The minimum absolute atomic E-state index is 0.112. The maximum atomic E-state index is 10.8. The van der Waals surface area contributed by atoms with Gasteiger partial charge in [0.25, 0.3) is 0 Å². The number of aryl methyl sites for hydroxylation is 1. The summed E-state index contributed by atoms with van der Waals surface area (Å²) in [5, 5.41) is 20.7. The number of allylic oxidation sites excluding steroid dienone is 2. The van der Waals surface area contributed by atoms with Crippen molar-refractivity contribution in [2.45, 2.75) is 76.7 Å². The zero-order chi connectivity index (χ0) is 17.9. The molecule has 6 atom stereocenters. The molecule has 0 amide bonds. The van der Waals surface area contributed by atoms with E-state index in [1.165, 1.54) is 56.1 Å². The van der Waals surface area contributed by atoms with Gasteiger partial charge in [-0.25, -0.2) is 0 Å². The maximum absolute atomic E-state index is 10.8. The van der Waals surface area contributed by atoms with Gasteiger partial charge in [0.05, 0.1) is 6.10 Å². The molecule has 1 aromatic rings. The van der Waals surface area contributed by atoms with Crippen LogP contribution in [-0.2, 0) is 6.42 Å². The molecule has 0 radical (unpaired) electrons. The van der Waals surface area contributed by atoms with Gasteiger partial charge in [0.1, 0.15) is 5.75 Å². The smallest absolute Gasteiger partial charge is 0.115 e. The number of aromatic hydroxyl groups is 1. The third-order valence-corrected chi connectivity index (χ3v) is 8.29. The molecule has 2 N–H and O–H groups in total. The summed E-state index contributed by atoms with van der Waals surface area (Å²) in [4.78, 5) is 0. The van der Waals surface area contributed by atoms with Crippen LogP contribution in [0, 0.1) is 23.2 Å². The van der Waals surface area contributed by atoms with Crippen LogP contribution < -0.4 is 0 Å². The Hall–Kier alpha value is -1.28. The number of aliphatic hydroxyl groups is 1. The molecule has 26 heavy (non-hydrogen) atoms. The van der Waals surface area contributed by atoms with Crippen molar-refractivity contribution in [3.8, 4) is 5.75 Å². The molecule has 4 aliphatic carbocycles. The normalized spacial score (nSPS) is 40.5. The van der Waals surface area contributed by atoms with Crippen molar-refractivity contribution >= 4 is 0 Å². The molecule has 4 aliphatic rings. The fourth-order valence-electron chi connectivity index (χ4n) is 6.91. The van der Waals surface area contributed by atoms with E-state index < -0.39 is 0 Å². The van der Waals surface area contributed by atoms with Crippen molar-refractivity contribution in [1.82, 2.24) is 0 Å². The van der Waals surface area contributed by atoms with E-state index in [-0.39, 0.29) is 11.5 Å². The van der Waals surface area contributed by atoms with Crippen LogP contribution in [0.3, 0.4) is 0 Å². The molecule has 0 spiro atoms. The van der Waals surface area contributed by atoms with Crippen LogP contribution in [0.5, 0.6) is 5.75 Å². The van der Waals surface area contributed by atoms with Gasteiger partial charge in [-0.1, -0.05) is 24.6 Å². The highest BCUT2D eigenvalue weighted by molar-refractivity contribution is 5.40. The molecular formula is C24H32O2. The molecule has 0 aromatic heterocycles. The molecule has 0 saturated heterocycles. The van der Waals surface area contributed by atoms with E-state index in [1.807, 2.05) is 12.1 Å². The van der Waals surface area contributed by atoms with Crippen molar-refractivity contribution < 1.29 is 10.2 Å². The van der Waals surface area contributed by atoms with Crippen molar-refractivity contribution in [3.63, 3.8) is 0 Å². The number of hydrogen-bond acceptors (Lipinski definition) is 2. The van der Waals surface area contributed by atoms with Crippen molar-refractivity contribution in [2.75, 3.05) is 0 Å². The Balaban J connectivity index is 1.50. The van der Waals surface area contributed by atoms with Gasteiger partial charge >= 0.3 is 0 Å². The average Bonchev–Trinajstić information content (AvgIpc) is 3.39. The van der Waals surface area contributed by atoms with Crippen LogP contribution in [-0.4, -0.2) is 16.3 Å². The second kappa shape index (κ2) is 6.12. The van der Waals surface area contributed by atoms with Gasteiger partial charge in [-0.3, -0.25) is 0 Å². The van der Waals surface area contributed by atoms with Gasteiger partial charge in [-0.2, -0.15) is 0 Å². The summed E-state index contributed by atoms with van der Waals surface area (Å²) in [7, 11) is 0. The maximum Gasteiger partial charge on any atom is 0.115 e. The summed E-state index contributed by atoms with van der Waals surface area (Å²) in [6.45, 7) is 2.38. The number of phenols is 1. The molecule has 3 unspecified atom stereocenters. The summed E-state index contributed by atoms with van der Waals surface area (Å²) in [5.41, 5.74) is 4.65. The number of hydrogen-bond donors (Lipinski definition) is 2. The van der Waals surface area contributed by atoms with Crippen LogP contribution in [0.4, 0.5) is 0 Å². The van der Waals surface area contributed by atoms with Gasteiger partial charge < -0.3 is 10.2 Å². The van der Waals surface area contributed by atoms with Crippen LogP contribution in [0.25, 0.3) is 0 Å². The zero-order valence-electron chi connectivity index (χ0n) is 16.0. The van der Waals surface area contributed by atoms with Gasteiger partial charge in [0.2, 0.25) is 0 Å². The van der Waals surface area contributed by atoms with E-state index in [2.05, 4.69) is 19.1 Å². The summed E-state index contributed by atoms with van der Waals surface area (Å²) in [6, 6.07) is 6.11. The van der Waals surface area contributed by atoms with Crippen molar-refractivity contribution in [3.05, 3.63) is 41.0 Å². The van der Waals surface area contributed by atoms with Gasteiger partial charge in [-0.05, 0) is 110 Å². The first-order chi connectivity index (χ1) is 12.6. The Labute approximate surface area is 157 Å². The molecule has 2 heteroatoms. The minimum Gasteiger partial charge on any atom is -0.508 e. The number of rotatable bonds is 3. The Morgan fingerprint density at radius 3 is 2.81 bits per heavy atom. The lowest BCUT2D eigenvalue weighted by atomic mass is 9.51. The lowest BCUT2D eigenvalue weighted by Gasteiger charge is -2.54. The molecule has 5 rings (SSSR count). The predicted octanol–water partition coefficient (Wildman–Crippen LogP) is 5.34. The summed E-state index contributed by atoms with van der Waals surface area (Å²) >= 11 is 0. The summed E-state index contributed by atoms with van der Waals surface area (Å²) in [5.74, 6) is 3.08. The second-order valence-corrected chi connectivity index (χ2v) is 9.72. The monoisotopic (exact) mass is 352 g/mol.